The van der Waals surface area contributed by atoms with Crippen molar-refractivity contribution in [3.05, 3.63) is 29.8 Å². The molecule has 2 N–H and O–H groups in total. The van der Waals surface area contributed by atoms with Crippen LogP contribution in [-0.4, -0.2) is 58.3 Å². The van der Waals surface area contributed by atoms with E-state index in [0.717, 1.165) is 39.3 Å². The summed E-state index contributed by atoms with van der Waals surface area (Å²) in [5, 5.41) is 19.1. The predicted molar refractivity (Wildman–Crippen MR) is 76.1 cm³/mol. The molecule has 1 fully saturated rings. The lowest BCUT2D eigenvalue weighted by atomic mass is 10.1. The number of aliphatic hydroxyl groups is 1. The summed E-state index contributed by atoms with van der Waals surface area (Å²) in [4.78, 5) is 4.72. The summed E-state index contributed by atoms with van der Waals surface area (Å²) in [7, 11) is 0. The number of phenolic OH excluding ortho intramolecular Hbond substituents is 1. The first kappa shape index (κ1) is 14.3. The van der Waals surface area contributed by atoms with E-state index >= 15 is 0 Å². The Morgan fingerprint density at radius 3 is 2.05 bits per heavy atom. The summed E-state index contributed by atoms with van der Waals surface area (Å²) in [5.74, 6) is 0.318. The zero-order valence-corrected chi connectivity index (χ0v) is 11.8. The highest BCUT2D eigenvalue weighted by Crippen LogP contribution is 2.14. The van der Waals surface area contributed by atoms with E-state index in [1.165, 1.54) is 5.56 Å². The van der Waals surface area contributed by atoms with E-state index in [1.807, 2.05) is 26.0 Å². The van der Waals surface area contributed by atoms with E-state index in [1.54, 1.807) is 12.1 Å². The third-order valence-electron chi connectivity index (χ3n) is 3.42. The number of hydrogen-bond acceptors (Lipinski definition) is 4. The van der Waals surface area contributed by atoms with Gasteiger partial charge < -0.3 is 10.2 Å². The largest absolute Gasteiger partial charge is 0.508 e. The minimum Gasteiger partial charge on any atom is -0.508 e. The zero-order chi connectivity index (χ0) is 13.9. The Labute approximate surface area is 115 Å². The Hall–Kier alpha value is -1.10. The number of β-amino-alcohol motifs (C(OH)–C–C–N with tert-alkyl or cyclic N) is 1. The zero-order valence-electron chi connectivity index (χ0n) is 11.8. The van der Waals surface area contributed by atoms with E-state index in [4.69, 9.17) is 0 Å². The van der Waals surface area contributed by atoms with Crippen molar-refractivity contribution in [3.63, 3.8) is 0 Å². The smallest absolute Gasteiger partial charge is 0.115 e. The lowest BCUT2D eigenvalue weighted by molar-refractivity contribution is 0.0167. The number of hydrogen-bond donors (Lipinski definition) is 2. The van der Waals surface area contributed by atoms with Gasteiger partial charge in [-0.05, 0) is 31.5 Å². The Bertz CT molecular complexity index is 390. The highest BCUT2D eigenvalue weighted by atomic mass is 16.3. The van der Waals surface area contributed by atoms with Crippen LogP contribution >= 0.6 is 0 Å². The molecule has 19 heavy (non-hydrogen) atoms. The topological polar surface area (TPSA) is 46.9 Å². The van der Waals surface area contributed by atoms with Gasteiger partial charge in [0.25, 0.3) is 0 Å². The van der Waals surface area contributed by atoms with E-state index in [0.29, 0.717) is 5.75 Å². The molecule has 0 aromatic heterocycles. The van der Waals surface area contributed by atoms with Crippen molar-refractivity contribution >= 4 is 0 Å². The van der Waals surface area contributed by atoms with Crippen LogP contribution < -0.4 is 0 Å². The van der Waals surface area contributed by atoms with Gasteiger partial charge in [-0.2, -0.15) is 0 Å². The molecule has 0 amide bonds. The van der Waals surface area contributed by atoms with E-state index in [9.17, 15) is 10.2 Å². The normalized spacial score (nSPS) is 18.7. The summed E-state index contributed by atoms with van der Waals surface area (Å²) >= 11 is 0. The Kier molecular flexibility index (Phi) is 4.45. The first-order valence-corrected chi connectivity index (χ1v) is 6.87. The first-order chi connectivity index (χ1) is 8.92. The maximum absolute atomic E-state index is 9.82. The van der Waals surface area contributed by atoms with Crippen molar-refractivity contribution in [3.8, 4) is 5.75 Å². The van der Waals surface area contributed by atoms with Crippen LogP contribution in [0.3, 0.4) is 0 Å². The third-order valence-corrected chi connectivity index (χ3v) is 3.42. The molecule has 0 spiro atoms. The van der Waals surface area contributed by atoms with Gasteiger partial charge >= 0.3 is 0 Å². The molecule has 0 unspecified atom stereocenters. The van der Waals surface area contributed by atoms with Gasteiger partial charge in [-0.3, -0.25) is 9.80 Å². The second-order valence-electron chi connectivity index (χ2n) is 6.03. The number of phenols is 1. The van der Waals surface area contributed by atoms with Crippen LogP contribution in [0.5, 0.6) is 5.75 Å². The molecule has 1 heterocycles. The predicted octanol–water partition coefficient (Wildman–Crippen LogP) is 1.28. The second kappa shape index (κ2) is 5.90. The standard InChI is InChI=1S/C15H24N2O2/c1-15(2,19)12-17-9-7-16(8-10-17)11-13-3-5-14(18)6-4-13/h3-6,18-19H,7-12H2,1-2H3. The fraction of sp³-hybridized carbons (Fsp3) is 0.600. The molecule has 2 rings (SSSR count). The van der Waals surface area contributed by atoms with Crippen molar-refractivity contribution in [1.82, 2.24) is 9.80 Å². The van der Waals surface area contributed by atoms with Gasteiger partial charge in [-0.15, -0.1) is 0 Å². The van der Waals surface area contributed by atoms with Crippen LogP contribution in [0.2, 0.25) is 0 Å². The summed E-state index contributed by atoms with van der Waals surface area (Å²) in [6.45, 7) is 9.43. The molecule has 0 radical (unpaired) electrons. The fourth-order valence-electron chi connectivity index (χ4n) is 2.51. The molecule has 1 aliphatic heterocycles. The van der Waals surface area contributed by atoms with E-state index in [-0.39, 0.29) is 0 Å². The molecule has 106 valence electrons. The monoisotopic (exact) mass is 264 g/mol. The summed E-state index contributed by atoms with van der Waals surface area (Å²) in [6.07, 6.45) is 0. The van der Waals surface area contributed by atoms with Gasteiger partial charge in [0.15, 0.2) is 0 Å². The third kappa shape index (κ3) is 4.82. The molecule has 0 atom stereocenters. The lowest BCUT2D eigenvalue weighted by Gasteiger charge is -2.37. The number of piperazine rings is 1. The average molecular weight is 264 g/mol. The van der Waals surface area contributed by atoms with Crippen LogP contribution in [-0.2, 0) is 6.54 Å². The summed E-state index contributed by atoms with van der Waals surface area (Å²) in [6, 6.07) is 7.41. The fourth-order valence-corrected chi connectivity index (χ4v) is 2.51. The lowest BCUT2D eigenvalue weighted by Crippen LogP contribution is -2.50. The van der Waals surface area contributed by atoms with Crippen molar-refractivity contribution < 1.29 is 10.2 Å². The molecule has 1 aliphatic rings. The molecular formula is C15H24N2O2. The molecule has 4 nitrogen and oxygen atoms in total. The van der Waals surface area contributed by atoms with Crippen LogP contribution in [0, 0.1) is 0 Å². The minimum atomic E-state index is -0.612. The van der Waals surface area contributed by atoms with Gasteiger partial charge in [-0.1, -0.05) is 12.1 Å². The van der Waals surface area contributed by atoms with Crippen molar-refractivity contribution in [1.29, 1.82) is 0 Å². The molecule has 1 saturated heterocycles. The molecule has 1 aromatic rings. The number of benzene rings is 1. The Balaban J connectivity index is 1.79. The number of rotatable bonds is 4. The summed E-state index contributed by atoms with van der Waals surface area (Å²) in [5.41, 5.74) is 0.618. The van der Waals surface area contributed by atoms with Crippen molar-refractivity contribution in [2.24, 2.45) is 0 Å². The van der Waals surface area contributed by atoms with Crippen LogP contribution in [0.25, 0.3) is 0 Å². The Morgan fingerprint density at radius 1 is 1.00 bits per heavy atom. The second-order valence-corrected chi connectivity index (χ2v) is 6.03. The van der Waals surface area contributed by atoms with Gasteiger partial charge in [0, 0.05) is 39.3 Å². The van der Waals surface area contributed by atoms with Gasteiger partial charge in [0.1, 0.15) is 5.75 Å². The van der Waals surface area contributed by atoms with Gasteiger partial charge in [0.05, 0.1) is 5.60 Å². The SMILES string of the molecule is CC(C)(O)CN1CCN(Cc2ccc(O)cc2)CC1. The van der Waals surface area contributed by atoms with Crippen LogP contribution in [0.4, 0.5) is 0 Å². The quantitative estimate of drug-likeness (QED) is 0.860. The highest BCUT2D eigenvalue weighted by Gasteiger charge is 2.22. The van der Waals surface area contributed by atoms with Crippen LogP contribution in [0.1, 0.15) is 19.4 Å². The van der Waals surface area contributed by atoms with E-state index < -0.39 is 5.60 Å². The molecule has 0 aliphatic carbocycles. The van der Waals surface area contributed by atoms with Crippen molar-refractivity contribution in [2.45, 2.75) is 26.0 Å². The van der Waals surface area contributed by atoms with E-state index in [2.05, 4.69) is 9.80 Å². The maximum Gasteiger partial charge on any atom is 0.115 e. The first-order valence-electron chi connectivity index (χ1n) is 6.87. The molecular weight excluding hydrogens is 240 g/mol. The maximum atomic E-state index is 9.82. The van der Waals surface area contributed by atoms with Crippen molar-refractivity contribution in [2.75, 3.05) is 32.7 Å². The summed E-state index contributed by atoms with van der Waals surface area (Å²) < 4.78 is 0. The van der Waals surface area contributed by atoms with Gasteiger partial charge in [0.2, 0.25) is 0 Å². The molecule has 1 aromatic carbocycles. The average Bonchev–Trinajstić information content (AvgIpc) is 2.33. The number of aromatic hydroxyl groups is 1. The van der Waals surface area contributed by atoms with Crippen LogP contribution in [0.15, 0.2) is 24.3 Å². The minimum absolute atomic E-state index is 0.318. The molecule has 4 heteroatoms. The molecule has 0 bridgehead atoms. The number of nitrogens with zero attached hydrogens (tertiary/aromatic N) is 2. The molecule has 0 saturated carbocycles. The Morgan fingerprint density at radius 2 is 1.53 bits per heavy atom. The van der Waals surface area contributed by atoms with Gasteiger partial charge in [-0.25, -0.2) is 0 Å². The highest BCUT2D eigenvalue weighted by molar-refractivity contribution is 5.25.